The van der Waals surface area contributed by atoms with Crippen LogP contribution in [0.3, 0.4) is 0 Å². The second-order valence-corrected chi connectivity index (χ2v) is 5.59. The summed E-state index contributed by atoms with van der Waals surface area (Å²) in [4.78, 5) is 2.62. The summed E-state index contributed by atoms with van der Waals surface area (Å²) in [5.74, 6) is 0.832. The minimum Gasteiger partial charge on any atom is -0.374 e. The molecule has 2 heterocycles. The highest BCUT2D eigenvalue weighted by Gasteiger charge is 2.31. The maximum absolute atomic E-state index is 5.94. The molecule has 0 aromatic rings. The molecule has 1 N–H and O–H groups in total. The molecule has 2 unspecified atom stereocenters. The molecule has 0 aromatic heterocycles. The maximum atomic E-state index is 5.94. The second-order valence-electron chi connectivity index (χ2n) is 5.59. The van der Waals surface area contributed by atoms with E-state index in [4.69, 9.17) is 4.74 Å². The average Bonchev–Trinajstić information content (AvgIpc) is 2.82. The van der Waals surface area contributed by atoms with Crippen molar-refractivity contribution in [3.63, 3.8) is 0 Å². The van der Waals surface area contributed by atoms with Gasteiger partial charge in [-0.15, -0.1) is 0 Å². The molecule has 2 atom stereocenters. The highest BCUT2D eigenvalue weighted by atomic mass is 16.5. The summed E-state index contributed by atoms with van der Waals surface area (Å²) in [6.07, 6.45) is 5.68. The number of hydrogen-bond acceptors (Lipinski definition) is 3. The van der Waals surface area contributed by atoms with E-state index in [1.165, 1.54) is 32.2 Å². The minimum atomic E-state index is 0.415. The molecule has 17 heavy (non-hydrogen) atoms. The summed E-state index contributed by atoms with van der Waals surface area (Å²) in [5.41, 5.74) is 0. The molecule has 2 aliphatic heterocycles. The Hall–Kier alpha value is -0.120. The molecule has 0 saturated carbocycles. The van der Waals surface area contributed by atoms with Crippen molar-refractivity contribution in [1.29, 1.82) is 0 Å². The van der Waals surface area contributed by atoms with Gasteiger partial charge in [0.25, 0.3) is 0 Å². The van der Waals surface area contributed by atoms with Gasteiger partial charge in [0.2, 0.25) is 0 Å². The molecule has 2 rings (SSSR count). The summed E-state index contributed by atoms with van der Waals surface area (Å²) in [7, 11) is 0. The quantitative estimate of drug-likeness (QED) is 0.767. The van der Waals surface area contributed by atoms with Crippen LogP contribution in [-0.4, -0.2) is 49.8 Å². The lowest BCUT2D eigenvalue weighted by atomic mass is 10.0. The zero-order valence-electron chi connectivity index (χ0n) is 11.5. The van der Waals surface area contributed by atoms with Crippen LogP contribution in [0.25, 0.3) is 0 Å². The lowest BCUT2D eigenvalue weighted by Gasteiger charge is -2.35. The Balaban J connectivity index is 1.63. The van der Waals surface area contributed by atoms with E-state index in [9.17, 15) is 0 Å². The van der Waals surface area contributed by atoms with E-state index >= 15 is 0 Å². The number of hydrogen-bond donors (Lipinski definition) is 1. The topological polar surface area (TPSA) is 24.5 Å². The molecular weight excluding hydrogens is 212 g/mol. The Bertz CT molecular complexity index is 218. The molecule has 0 spiro atoms. The number of nitrogens with zero attached hydrogens (tertiary/aromatic N) is 1. The Kier molecular flexibility index (Phi) is 5.26. The van der Waals surface area contributed by atoms with E-state index in [0.717, 1.165) is 38.2 Å². The monoisotopic (exact) mass is 240 g/mol. The van der Waals surface area contributed by atoms with Crippen LogP contribution in [0, 0.1) is 5.92 Å². The summed E-state index contributed by atoms with van der Waals surface area (Å²) in [6.45, 7) is 10.1. The van der Waals surface area contributed by atoms with E-state index in [1.54, 1.807) is 0 Å². The molecule has 0 radical (unpaired) electrons. The third-order valence-corrected chi connectivity index (χ3v) is 4.42. The van der Waals surface area contributed by atoms with Gasteiger partial charge in [-0.1, -0.05) is 26.7 Å². The van der Waals surface area contributed by atoms with Crippen LogP contribution >= 0.6 is 0 Å². The molecule has 3 nitrogen and oxygen atoms in total. The fourth-order valence-electron chi connectivity index (χ4n) is 3.03. The third kappa shape index (κ3) is 3.67. The second kappa shape index (κ2) is 6.72. The van der Waals surface area contributed by atoms with Crippen LogP contribution in [0.2, 0.25) is 0 Å². The smallest absolute Gasteiger partial charge is 0.0826 e. The van der Waals surface area contributed by atoms with Gasteiger partial charge < -0.3 is 10.1 Å². The van der Waals surface area contributed by atoms with Crippen LogP contribution in [0.4, 0.5) is 0 Å². The molecule has 2 fully saturated rings. The van der Waals surface area contributed by atoms with Crippen molar-refractivity contribution in [2.45, 2.75) is 51.7 Å². The number of fused-ring (bicyclic) bond motifs is 1. The van der Waals surface area contributed by atoms with Crippen molar-refractivity contribution in [1.82, 2.24) is 10.2 Å². The summed E-state index contributed by atoms with van der Waals surface area (Å²) in [5, 5.41) is 3.59. The van der Waals surface area contributed by atoms with Crippen molar-refractivity contribution in [3.8, 4) is 0 Å². The third-order valence-electron chi connectivity index (χ3n) is 4.42. The van der Waals surface area contributed by atoms with Crippen LogP contribution in [-0.2, 0) is 4.74 Å². The molecule has 0 amide bonds. The SMILES string of the molecule is CCC(CC)CNCC1CN2CCCC2CO1. The normalized spacial score (nSPS) is 29.8. The van der Waals surface area contributed by atoms with E-state index in [1.807, 2.05) is 0 Å². The van der Waals surface area contributed by atoms with E-state index < -0.39 is 0 Å². The Labute approximate surface area is 106 Å². The van der Waals surface area contributed by atoms with Crippen LogP contribution < -0.4 is 5.32 Å². The van der Waals surface area contributed by atoms with Gasteiger partial charge in [0.1, 0.15) is 0 Å². The first-order valence-corrected chi connectivity index (χ1v) is 7.39. The Morgan fingerprint density at radius 2 is 2.18 bits per heavy atom. The van der Waals surface area contributed by atoms with Gasteiger partial charge in [0, 0.05) is 19.1 Å². The minimum absolute atomic E-state index is 0.415. The van der Waals surface area contributed by atoms with Crippen LogP contribution in [0.15, 0.2) is 0 Å². The largest absolute Gasteiger partial charge is 0.374 e. The Morgan fingerprint density at radius 1 is 1.35 bits per heavy atom. The van der Waals surface area contributed by atoms with Gasteiger partial charge in [-0.25, -0.2) is 0 Å². The first-order valence-electron chi connectivity index (χ1n) is 7.39. The average molecular weight is 240 g/mol. The summed E-state index contributed by atoms with van der Waals surface area (Å²) in [6, 6.07) is 0.727. The lowest BCUT2D eigenvalue weighted by molar-refractivity contribution is -0.0471. The lowest BCUT2D eigenvalue weighted by Crippen LogP contribution is -2.49. The molecule has 2 saturated heterocycles. The summed E-state index contributed by atoms with van der Waals surface area (Å²) >= 11 is 0. The van der Waals surface area contributed by atoms with Gasteiger partial charge in [0.15, 0.2) is 0 Å². The number of ether oxygens (including phenoxy) is 1. The fourth-order valence-corrected chi connectivity index (χ4v) is 3.03. The van der Waals surface area contributed by atoms with Gasteiger partial charge in [-0.3, -0.25) is 4.90 Å². The first-order chi connectivity index (χ1) is 8.33. The van der Waals surface area contributed by atoms with Crippen molar-refractivity contribution in [2.75, 3.05) is 32.8 Å². The molecule has 0 aromatic carbocycles. The molecule has 0 bridgehead atoms. The zero-order chi connectivity index (χ0) is 12.1. The van der Waals surface area contributed by atoms with E-state index in [-0.39, 0.29) is 0 Å². The number of rotatable bonds is 6. The number of morpholine rings is 1. The van der Waals surface area contributed by atoms with Crippen LogP contribution in [0.5, 0.6) is 0 Å². The predicted octanol–water partition coefficient (Wildman–Crippen LogP) is 1.88. The van der Waals surface area contributed by atoms with Gasteiger partial charge in [-0.05, 0) is 31.8 Å². The molecule has 0 aliphatic carbocycles. The molecular formula is C14H28N2O. The fraction of sp³-hybridized carbons (Fsp3) is 1.00. The van der Waals surface area contributed by atoms with E-state index in [2.05, 4.69) is 24.1 Å². The van der Waals surface area contributed by atoms with Gasteiger partial charge >= 0.3 is 0 Å². The van der Waals surface area contributed by atoms with Crippen molar-refractivity contribution in [3.05, 3.63) is 0 Å². The van der Waals surface area contributed by atoms with Crippen molar-refractivity contribution >= 4 is 0 Å². The molecule has 100 valence electrons. The predicted molar refractivity (Wildman–Crippen MR) is 71.3 cm³/mol. The zero-order valence-corrected chi connectivity index (χ0v) is 11.5. The first kappa shape index (κ1) is 13.3. The maximum Gasteiger partial charge on any atom is 0.0826 e. The van der Waals surface area contributed by atoms with E-state index in [0.29, 0.717) is 6.10 Å². The van der Waals surface area contributed by atoms with Crippen molar-refractivity contribution < 1.29 is 4.74 Å². The standard InChI is InChI=1S/C14H28N2O/c1-3-12(4-2)8-15-9-14-10-16-7-5-6-13(16)11-17-14/h12-15H,3-11H2,1-2H3. The Morgan fingerprint density at radius 3 is 2.94 bits per heavy atom. The van der Waals surface area contributed by atoms with Gasteiger partial charge in [-0.2, -0.15) is 0 Å². The highest BCUT2D eigenvalue weighted by molar-refractivity contribution is 4.85. The highest BCUT2D eigenvalue weighted by Crippen LogP contribution is 2.22. The number of nitrogens with one attached hydrogen (secondary N) is 1. The summed E-state index contributed by atoms with van der Waals surface area (Å²) < 4.78 is 5.94. The van der Waals surface area contributed by atoms with Crippen LogP contribution in [0.1, 0.15) is 39.5 Å². The van der Waals surface area contributed by atoms with Gasteiger partial charge in [0.05, 0.1) is 12.7 Å². The van der Waals surface area contributed by atoms with Crippen molar-refractivity contribution in [2.24, 2.45) is 5.92 Å². The molecule has 3 heteroatoms. The molecule has 2 aliphatic rings.